The molecule has 1 aromatic rings. The second-order valence-electron chi connectivity index (χ2n) is 5.07. The molecule has 0 aromatic heterocycles. The zero-order valence-electron chi connectivity index (χ0n) is 11.0. The number of nitrogens with zero attached hydrogens (tertiary/aromatic N) is 1. The number of rotatable bonds is 6. The Bertz CT molecular complexity index is 339. The smallest absolute Gasteiger partial charge is 0.128 e. The molecule has 0 amide bonds. The van der Waals surface area contributed by atoms with Gasteiger partial charge >= 0.3 is 0 Å². The average Bonchev–Trinajstić information content (AvgIpc) is 2.26. The second kappa shape index (κ2) is 6.72. The van der Waals surface area contributed by atoms with Crippen LogP contribution in [-0.2, 0) is 0 Å². The van der Waals surface area contributed by atoms with E-state index in [0.717, 1.165) is 13.0 Å². The Morgan fingerprint density at radius 2 is 1.94 bits per heavy atom. The molecule has 2 nitrogen and oxygen atoms in total. The second-order valence-corrected chi connectivity index (χ2v) is 5.07. The Morgan fingerprint density at radius 3 is 2.53 bits per heavy atom. The molecule has 0 aliphatic heterocycles. The zero-order chi connectivity index (χ0) is 12.8. The van der Waals surface area contributed by atoms with Crippen LogP contribution in [0.5, 0.6) is 0 Å². The third kappa shape index (κ3) is 4.84. The number of benzene rings is 1. The van der Waals surface area contributed by atoms with Crippen molar-refractivity contribution >= 4 is 0 Å². The van der Waals surface area contributed by atoms with Crippen LogP contribution in [0.25, 0.3) is 0 Å². The fourth-order valence-corrected chi connectivity index (χ4v) is 1.78. The number of hydrogen-bond donors (Lipinski definition) is 1. The largest absolute Gasteiger partial charge is 0.323 e. The molecule has 1 unspecified atom stereocenters. The van der Waals surface area contributed by atoms with E-state index in [0.29, 0.717) is 18.0 Å². The van der Waals surface area contributed by atoms with Gasteiger partial charge in [0.25, 0.3) is 0 Å². The molecule has 0 radical (unpaired) electrons. The summed E-state index contributed by atoms with van der Waals surface area (Å²) in [6.07, 6.45) is 1.14. The number of nitrogens with two attached hydrogens (primary N) is 1. The first-order valence-electron chi connectivity index (χ1n) is 6.19. The summed E-state index contributed by atoms with van der Waals surface area (Å²) < 4.78 is 13.5. The lowest BCUT2D eigenvalue weighted by atomic mass is 10.1. The van der Waals surface area contributed by atoms with Crippen molar-refractivity contribution < 1.29 is 4.39 Å². The molecule has 0 spiro atoms. The monoisotopic (exact) mass is 238 g/mol. The third-order valence-electron chi connectivity index (χ3n) is 2.90. The van der Waals surface area contributed by atoms with Gasteiger partial charge in [0.1, 0.15) is 5.82 Å². The molecule has 1 rings (SSSR count). The number of likely N-dealkylation sites (N-methyl/N-ethyl adjacent to an activating group) is 1. The molecular weight excluding hydrogens is 215 g/mol. The van der Waals surface area contributed by atoms with Gasteiger partial charge < -0.3 is 10.6 Å². The van der Waals surface area contributed by atoms with Gasteiger partial charge in [0, 0.05) is 18.2 Å². The average molecular weight is 238 g/mol. The Balaban J connectivity index is 2.49. The van der Waals surface area contributed by atoms with E-state index < -0.39 is 0 Å². The van der Waals surface area contributed by atoms with Gasteiger partial charge in [0.2, 0.25) is 0 Å². The van der Waals surface area contributed by atoms with Crippen LogP contribution in [0.2, 0.25) is 0 Å². The summed E-state index contributed by atoms with van der Waals surface area (Å²) >= 11 is 0. The van der Waals surface area contributed by atoms with Crippen molar-refractivity contribution in [2.75, 3.05) is 20.1 Å². The molecule has 1 atom stereocenters. The topological polar surface area (TPSA) is 29.3 Å². The Morgan fingerprint density at radius 1 is 1.29 bits per heavy atom. The fraction of sp³-hybridized carbons (Fsp3) is 0.571. The minimum Gasteiger partial charge on any atom is -0.323 e. The summed E-state index contributed by atoms with van der Waals surface area (Å²) in [6, 6.07) is 6.48. The Kier molecular flexibility index (Phi) is 5.59. The molecular formula is C14H23FN2. The quantitative estimate of drug-likeness (QED) is 0.825. The van der Waals surface area contributed by atoms with Crippen LogP contribution in [0.1, 0.15) is 31.9 Å². The molecule has 0 aliphatic carbocycles. The highest BCUT2D eigenvalue weighted by Crippen LogP contribution is 2.15. The Labute approximate surface area is 104 Å². The standard InChI is InChI=1S/C14H23FN2/c1-11(2)8-9-17(3)10-14(16)12-6-4-5-7-13(12)15/h4-7,11,14H,8-10,16H2,1-3H3. The normalized spacial score (nSPS) is 13.4. The first-order valence-corrected chi connectivity index (χ1v) is 6.19. The maximum Gasteiger partial charge on any atom is 0.128 e. The van der Waals surface area contributed by atoms with Gasteiger partial charge in [-0.2, -0.15) is 0 Å². The lowest BCUT2D eigenvalue weighted by Gasteiger charge is -2.22. The van der Waals surface area contributed by atoms with Crippen LogP contribution in [0.3, 0.4) is 0 Å². The Hall–Kier alpha value is -0.930. The van der Waals surface area contributed by atoms with Gasteiger partial charge in [0.15, 0.2) is 0 Å². The highest BCUT2D eigenvalue weighted by atomic mass is 19.1. The van der Waals surface area contributed by atoms with Gasteiger partial charge in [0.05, 0.1) is 0 Å². The number of hydrogen-bond acceptors (Lipinski definition) is 2. The maximum atomic E-state index is 13.5. The molecule has 17 heavy (non-hydrogen) atoms. The fourth-order valence-electron chi connectivity index (χ4n) is 1.78. The van der Waals surface area contributed by atoms with E-state index in [2.05, 4.69) is 18.7 Å². The lowest BCUT2D eigenvalue weighted by molar-refractivity contribution is 0.290. The van der Waals surface area contributed by atoms with Crippen molar-refractivity contribution in [1.82, 2.24) is 4.90 Å². The molecule has 1 aromatic carbocycles. The van der Waals surface area contributed by atoms with E-state index in [1.807, 2.05) is 13.1 Å². The van der Waals surface area contributed by atoms with Crippen LogP contribution in [-0.4, -0.2) is 25.0 Å². The molecule has 0 fully saturated rings. The molecule has 0 bridgehead atoms. The van der Waals surface area contributed by atoms with Gasteiger partial charge in [-0.1, -0.05) is 32.0 Å². The minimum atomic E-state index is -0.256. The van der Waals surface area contributed by atoms with Crippen LogP contribution >= 0.6 is 0 Å². The van der Waals surface area contributed by atoms with Crippen molar-refractivity contribution in [3.8, 4) is 0 Å². The van der Waals surface area contributed by atoms with E-state index in [4.69, 9.17) is 5.73 Å². The molecule has 0 saturated heterocycles. The SMILES string of the molecule is CC(C)CCN(C)CC(N)c1ccccc1F. The van der Waals surface area contributed by atoms with Crippen molar-refractivity contribution in [1.29, 1.82) is 0 Å². The van der Waals surface area contributed by atoms with Crippen LogP contribution in [0.4, 0.5) is 4.39 Å². The van der Waals surface area contributed by atoms with Gasteiger partial charge in [-0.05, 0) is 32.0 Å². The molecule has 0 aliphatic rings. The van der Waals surface area contributed by atoms with E-state index >= 15 is 0 Å². The van der Waals surface area contributed by atoms with Gasteiger partial charge in [-0.25, -0.2) is 4.39 Å². The maximum absolute atomic E-state index is 13.5. The summed E-state index contributed by atoms with van der Waals surface area (Å²) in [6.45, 7) is 6.09. The summed E-state index contributed by atoms with van der Waals surface area (Å²) in [4.78, 5) is 2.16. The van der Waals surface area contributed by atoms with E-state index in [9.17, 15) is 4.39 Å². The predicted octanol–water partition coefficient (Wildman–Crippen LogP) is 2.80. The lowest BCUT2D eigenvalue weighted by Crippen LogP contribution is -2.30. The summed E-state index contributed by atoms with van der Waals surface area (Å²) in [5.74, 6) is 0.472. The highest BCUT2D eigenvalue weighted by Gasteiger charge is 2.13. The van der Waals surface area contributed by atoms with Crippen LogP contribution in [0.15, 0.2) is 24.3 Å². The van der Waals surface area contributed by atoms with Gasteiger partial charge in [-0.3, -0.25) is 0 Å². The molecule has 96 valence electrons. The van der Waals surface area contributed by atoms with E-state index in [1.54, 1.807) is 12.1 Å². The van der Waals surface area contributed by atoms with Crippen molar-refractivity contribution in [2.24, 2.45) is 11.7 Å². The van der Waals surface area contributed by atoms with Crippen LogP contribution in [0, 0.1) is 11.7 Å². The highest BCUT2D eigenvalue weighted by molar-refractivity contribution is 5.21. The summed E-state index contributed by atoms with van der Waals surface area (Å²) in [7, 11) is 2.03. The van der Waals surface area contributed by atoms with Crippen molar-refractivity contribution in [2.45, 2.75) is 26.3 Å². The molecule has 0 heterocycles. The molecule has 3 heteroatoms. The summed E-state index contributed by atoms with van der Waals surface area (Å²) in [5, 5.41) is 0. The third-order valence-corrected chi connectivity index (χ3v) is 2.90. The molecule has 2 N–H and O–H groups in total. The minimum absolute atomic E-state index is 0.211. The van der Waals surface area contributed by atoms with Crippen molar-refractivity contribution in [3.05, 3.63) is 35.6 Å². The van der Waals surface area contributed by atoms with Crippen molar-refractivity contribution in [3.63, 3.8) is 0 Å². The molecule has 0 saturated carbocycles. The predicted molar refractivity (Wildman–Crippen MR) is 70.3 cm³/mol. The van der Waals surface area contributed by atoms with Crippen LogP contribution < -0.4 is 5.73 Å². The first-order chi connectivity index (χ1) is 8.00. The van der Waals surface area contributed by atoms with E-state index in [-0.39, 0.29) is 11.9 Å². The first kappa shape index (κ1) is 14.1. The van der Waals surface area contributed by atoms with Gasteiger partial charge in [-0.15, -0.1) is 0 Å². The summed E-state index contributed by atoms with van der Waals surface area (Å²) in [5.41, 5.74) is 6.62. The van der Waals surface area contributed by atoms with E-state index in [1.165, 1.54) is 6.07 Å². The number of halogens is 1. The zero-order valence-corrected chi connectivity index (χ0v) is 11.0.